The van der Waals surface area contributed by atoms with Crippen molar-refractivity contribution in [2.45, 2.75) is 39.8 Å². The average molecular weight is 500 g/mol. The molecule has 1 fully saturated rings. The van der Waals surface area contributed by atoms with E-state index in [9.17, 15) is 4.79 Å². The number of nitrogens with zero attached hydrogens (tertiary/aromatic N) is 5. The van der Waals surface area contributed by atoms with E-state index >= 15 is 0 Å². The number of nitrogens with one attached hydrogen (secondary N) is 2. The van der Waals surface area contributed by atoms with Crippen LogP contribution in [0.3, 0.4) is 0 Å². The SMILES string of the molecule is CC(C)Cc1cc(CNC(=O)CN2CCCN(Cc3nc4ccccc4[nH]3)CC2)nn1-c1ccccc1. The van der Waals surface area contributed by atoms with Crippen molar-refractivity contribution in [2.24, 2.45) is 5.92 Å². The second-order valence-corrected chi connectivity index (χ2v) is 10.4. The van der Waals surface area contributed by atoms with E-state index in [4.69, 9.17) is 10.1 Å². The molecule has 1 amide bonds. The molecule has 0 spiro atoms. The average Bonchev–Trinajstić information content (AvgIpc) is 3.41. The van der Waals surface area contributed by atoms with Crippen LogP contribution < -0.4 is 5.32 Å². The zero-order valence-corrected chi connectivity index (χ0v) is 21.9. The maximum atomic E-state index is 12.8. The summed E-state index contributed by atoms with van der Waals surface area (Å²) in [5, 5.41) is 7.90. The Balaban J connectivity index is 1.12. The smallest absolute Gasteiger partial charge is 0.234 e. The monoisotopic (exact) mass is 499 g/mol. The standard InChI is InChI=1S/C29H37N7O/c1-22(2)17-25-18-23(33-36(25)24-9-4-3-5-10-24)19-30-29(37)21-35-14-8-13-34(15-16-35)20-28-31-26-11-6-7-12-27(26)32-28/h3-7,9-12,18,22H,8,13-17,19-21H2,1-2H3,(H,30,37)(H,31,32). The number of amides is 1. The third kappa shape index (κ3) is 6.64. The molecule has 8 heteroatoms. The molecule has 0 atom stereocenters. The Morgan fingerprint density at radius 2 is 1.76 bits per heavy atom. The van der Waals surface area contributed by atoms with Crippen LogP contribution in [0.15, 0.2) is 60.7 Å². The van der Waals surface area contributed by atoms with Crippen molar-refractivity contribution in [1.29, 1.82) is 0 Å². The quantitative estimate of drug-likeness (QED) is 0.366. The predicted molar refractivity (Wildman–Crippen MR) is 146 cm³/mol. The fourth-order valence-electron chi connectivity index (χ4n) is 5.00. The van der Waals surface area contributed by atoms with Crippen LogP contribution in [0.1, 0.15) is 37.5 Å². The van der Waals surface area contributed by atoms with E-state index in [1.807, 2.05) is 41.1 Å². The van der Waals surface area contributed by atoms with Crippen LogP contribution in [0.2, 0.25) is 0 Å². The Hall–Kier alpha value is -3.49. The first-order valence-electron chi connectivity index (χ1n) is 13.3. The Labute approximate surface area is 218 Å². The van der Waals surface area contributed by atoms with Gasteiger partial charge in [-0.25, -0.2) is 9.67 Å². The van der Waals surface area contributed by atoms with Gasteiger partial charge in [-0.3, -0.25) is 14.6 Å². The first-order valence-corrected chi connectivity index (χ1v) is 13.3. The molecule has 194 valence electrons. The molecule has 1 saturated heterocycles. The molecule has 8 nitrogen and oxygen atoms in total. The lowest BCUT2D eigenvalue weighted by Crippen LogP contribution is -2.39. The molecule has 37 heavy (non-hydrogen) atoms. The topological polar surface area (TPSA) is 82.1 Å². The van der Waals surface area contributed by atoms with Gasteiger partial charge in [-0.05, 0) is 62.2 Å². The summed E-state index contributed by atoms with van der Waals surface area (Å²) in [6.07, 6.45) is 1.97. The van der Waals surface area contributed by atoms with E-state index in [0.717, 1.165) is 73.8 Å². The van der Waals surface area contributed by atoms with E-state index in [-0.39, 0.29) is 5.91 Å². The van der Waals surface area contributed by atoms with Crippen molar-refractivity contribution in [2.75, 3.05) is 32.7 Å². The molecule has 0 unspecified atom stereocenters. The van der Waals surface area contributed by atoms with Crippen LogP contribution in [-0.4, -0.2) is 68.2 Å². The minimum Gasteiger partial charge on any atom is -0.349 e. The summed E-state index contributed by atoms with van der Waals surface area (Å²) in [7, 11) is 0. The number of fused-ring (bicyclic) bond motifs is 1. The molecule has 2 aromatic heterocycles. The number of aromatic amines is 1. The first kappa shape index (κ1) is 25.2. The van der Waals surface area contributed by atoms with Crippen molar-refractivity contribution >= 4 is 16.9 Å². The molecule has 4 aromatic rings. The molecule has 3 heterocycles. The lowest BCUT2D eigenvalue weighted by atomic mass is 10.1. The van der Waals surface area contributed by atoms with Crippen LogP contribution in [0.5, 0.6) is 0 Å². The number of carbonyl (C=O) groups is 1. The summed E-state index contributed by atoms with van der Waals surface area (Å²) in [6, 6.07) is 20.5. The molecule has 2 aromatic carbocycles. The number of imidazole rings is 1. The largest absolute Gasteiger partial charge is 0.349 e. The van der Waals surface area contributed by atoms with Crippen molar-refractivity contribution in [3.8, 4) is 5.69 Å². The normalized spacial score (nSPS) is 15.3. The minimum absolute atomic E-state index is 0.0467. The highest BCUT2D eigenvalue weighted by Gasteiger charge is 2.19. The summed E-state index contributed by atoms with van der Waals surface area (Å²) in [6.45, 7) is 9.80. The van der Waals surface area contributed by atoms with Gasteiger partial charge in [0.1, 0.15) is 5.82 Å². The number of aromatic nitrogens is 4. The van der Waals surface area contributed by atoms with Gasteiger partial charge in [0.15, 0.2) is 0 Å². The van der Waals surface area contributed by atoms with Crippen molar-refractivity contribution in [3.05, 3.63) is 77.9 Å². The number of benzene rings is 2. The molecule has 2 N–H and O–H groups in total. The fourth-order valence-corrected chi connectivity index (χ4v) is 5.00. The molecular weight excluding hydrogens is 462 g/mol. The molecule has 0 saturated carbocycles. The number of rotatable bonds is 9. The van der Waals surface area contributed by atoms with Crippen LogP contribution in [0, 0.1) is 5.92 Å². The Morgan fingerprint density at radius 3 is 2.57 bits per heavy atom. The van der Waals surface area contributed by atoms with Gasteiger partial charge in [0.25, 0.3) is 0 Å². The zero-order chi connectivity index (χ0) is 25.6. The third-order valence-corrected chi connectivity index (χ3v) is 6.78. The number of para-hydroxylation sites is 3. The summed E-state index contributed by atoms with van der Waals surface area (Å²) in [4.78, 5) is 25.6. The second-order valence-electron chi connectivity index (χ2n) is 10.4. The summed E-state index contributed by atoms with van der Waals surface area (Å²) < 4.78 is 2.01. The number of hydrogen-bond donors (Lipinski definition) is 2. The Bertz CT molecular complexity index is 1280. The minimum atomic E-state index is 0.0467. The molecule has 0 bridgehead atoms. The predicted octanol–water partition coefficient (Wildman–Crippen LogP) is 3.77. The van der Waals surface area contributed by atoms with Crippen molar-refractivity contribution < 1.29 is 4.79 Å². The van der Waals surface area contributed by atoms with Crippen LogP contribution in [-0.2, 0) is 24.3 Å². The molecular formula is C29H37N7O. The Kier molecular flexibility index (Phi) is 7.96. The lowest BCUT2D eigenvalue weighted by Gasteiger charge is -2.20. The second kappa shape index (κ2) is 11.7. The zero-order valence-electron chi connectivity index (χ0n) is 21.9. The van der Waals surface area contributed by atoms with Gasteiger partial charge in [-0.1, -0.05) is 44.2 Å². The van der Waals surface area contributed by atoms with Gasteiger partial charge in [0.05, 0.1) is 42.0 Å². The maximum absolute atomic E-state index is 12.8. The third-order valence-electron chi connectivity index (χ3n) is 6.78. The number of H-pyrrole nitrogens is 1. The van der Waals surface area contributed by atoms with E-state index in [1.54, 1.807) is 0 Å². The van der Waals surface area contributed by atoms with Crippen LogP contribution >= 0.6 is 0 Å². The molecule has 1 aliphatic heterocycles. The summed E-state index contributed by atoms with van der Waals surface area (Å²) in [5.74, 6) is 1.57. The van der Waals surface area contributed by atoms with Crippen molar-refractivity contribution in [3.63, 3.8) is 0 Å². The van der Waals surface area contributed by atoms with E-state index in [2.05, 4.69) is 58.2 Å². The van der Waals surface area contributed by atoms with E-state index in [0.29, 0.717) is 19.0 Å². The fraction of sp³-hybridized carbons (Fsp3) is 0.414. The molecule has 0 aliphatic carbocycles. The highest BCUT2D eigenvalue weighted by atomic mass is 16.2. The number of carbonyl (C=O) groups excluding carboxylic acids is 1. The van der Waals surface area contributed by atoms with Gasteiger partial charge in [0, 0.05) is 18.8 Å². The first-order chi connectivity index (χ1) is 18.0. The van der Waals surface area contributed by atoms with E-state index < -0.39 is 0 Å². The highest BCUT2D eigenvalue weighted by molar-refractivity contribution is 5.78. The lowest BCUT2D eigenvalue weighted by molar-refractivity contribution is -0.122. The van der Waals surface area contributed by atoms with Gasteiger partial charge in [0.2, 0.25) is 5.91 Å². The summed E-state index contributed by atoms with van der Waals surface area (Å²) >= 11 is 0. The van der Waals surface area contributed by atoms with Gasteiger partial charge < -0.3 is 10.3 Å². The molecule has 0 radical (unpaired) electrons. The maximum Gasteiger partial charge on any atom is 0.234 e. The molecule has 5 rings (SSSR count). The van der Waals surface area contributed by atoms with Crippen LogP contribution in [0.25, 0.3) is 16.7 Å². The Morgan fingerprint density at radius 1 is 1.00 bits per heavy atom. The van der Waals surface area contributed by atoms with E-state index in [1.165, 1.54) is 5.69 Å². The summed E-state index contributed by atoms with van der Waals surface area (Å²) in [5.41, 5.74) is 5.20. The number of hydrogen-bond acceptors (Lipinski definition) is 5. The van der Waals surface area contributed by atoms with Gasteiger partial charge in [-0.2, -0.15) is 5.10 Å². The van der Waals surface area contributed by atoms with Gasteiger partial charge in [-0.15, -0.1) is 0 Å². The van der Waals surface area contributed by atoms with Gasteiger partial charge >= 0.3 is 0 Å². The highest BCUT2D eigenvalue weighted by Crippen LogP contribution is 2.17. The van der Waals surface area contributed by atoms with Crippen LogP contribution in [0.4, 0.5) is 0 Å². The molecule has 1 aliphatic rings. The van der Waals surface area contributed by atoms with Crippen molar-refractivity contribution in [1.82, 2.24) is 34.9 Å².